The van der Waals surface area contributed by atoms with Crippen LogP contribution in [0.25, 0.3) is 0 Å². The summed E-state index contributed by atoms with van der Waals surface area (Å²) in [7, 11) is 0. The molecular weight excluding hydrogens is 338 g/mol. The molecule has 3 N–H and O–H groups in total. The Morgan fingerprint density at radius 2 is 1.84 bits per heavy atom. The number of thioether (sulfide) groups is 1. The Morgan fingerprint density at radius 1 is 1.12 bits per heavy atom. The molecule has 25 heavy (non-hydrogen) atoms. The molecule has 1 heterocycles. The van der Waals surface area contributed by atoms with E-state index in [0.717, 1.165) is 17.0 Å². The second-order valence-corrected chi connectivity index (χ2v) is 7.83. The van der Waals surface area contributed by atoms with Gasteiger partial charge in [0.25, 0.3) is 0 Å². The first-order chi connectivity index (χ1) is 12.1. The largest absolute Gasteiger partial charge is 0.324 e. The molecule has 134 valence electrons. The number of anilines is 1. The lowest BCUT2D eigenvalue weighted by Gasteiger charge is -2.23. The fourth-order valence-electron chi connectivity index (χ4n) is 3.28. The molecule has 0 aromatic heterocycles. The maximum Gasteiger partial charge on any atom is 0.240 e. The van der Waals surface area contributed by atoms with E-state index in [0.29, 0.717) is 12.3 Å². The number of carbonyl (C=O) groups is 3. The fraction of sp³-hybridized carbons (Fsp3) is 0.500. The van der Waals surface area contributed by atoms with Crippen molar-refractivity contribution in [1.82, 2.24) is 10.9 Å². The first-order valence-electron chi connectivity index (χ1n) is 8.76. The van der Waals surface area contributed by atoms with Gasteiger partial charge in [0.2, 0.25) is 17.7 Å². The standard InChI is InChI=1S/C18H23N3O3S/c22-16(10-9-12-5-1-2-6-12)20-21-17(23)11-15-18(24)19-13-7-3-4-8-14(13)25-15/h3-4,7-8,12,15H,1-2,5-6,9-11H2,(H,19,24)(H,20,22)(H,21,23). The third kappa shape index (κ3) is 4.98. The second-order valence-electron chi connectivity index (χ2n) is 6.58. The molecule has 1 unspecified atom stereocenters. The van der Waals surface area contributed by atoms with Crippen molar-refractivity contribution in [3.63, 3.8) is 0 Å². The molecule has 1 atom stereocenters. The summed E-state index contributed by atoms with van der Waals surface area (Å²) in [5, 5.41) is 2.31. The van der Waals surface area contributed by atoms with Gasteiger partial charge >= 0.3 is 0 Å². The summed E-state index contributed by atoms with van der Waals surface area (Å²) in [5.74, 6) is -0.0807. The van der Waals surface area contributed by atoms with E-state index in [9.17, 15) is 14.4 Å². The molecule has 6 nitrogen and oxygen atoms in total. The average molecular weight is 361 g/mol. The molecule has 1 fully saturated rings. The SMILES string of the molecule is O=C(CCC1CCCC1)NNC(=O)CC1Sc2ccccc2NC1=O. The van der Waals surface area contributed by atoms with E-state index in [1.165, 1.54) is 37.4 Å². The van der Waals surface area contributed by atoms with Crippen molar-refractivity contribution in [3.05, 3.63) is 24.3 Å². The topological polar surface area (TPSA) is 87.3 Å². The van der Waals surface area contributed by atoms with Crippen LogP contribution in [0.5, 0.6) is 0 Å². The molecule has 1 aromatic carbocycles. The molecule has 0 radical (unpaired) electrons. The van der Waals surface area contributed by atoms with E-state index in [2.05, 4.69) is 16.2 Å². The van der Waals surface area contributed by atoms with E-state index < -0.39 is 5.25 Å². The molecule has 1 aliphatic heterocycles. The summed E-state index contributed by atoms with van der Waals surface area (Å²) in [6, 6.07) is 7.50. The first kappa shape index (κ1) is 17.8. The van der Waals surface area contributed by atoms with E-state index >= 15 is 0 Å². The Balaban J connectivity index is 1.40. The lowest BCUT2D eigenvalue weighted by molar-refractivity contribution is -0.129. The summed E-state index contributed by atoms with van der Waals surface area (Å²) >= 11 is 1.37. The van der Waals surface area contributed by atoms with Crippen molar-refractivity contribution in [2.75, 3.05) is 5.32 Å². The molecule has 1 saturated carbocycles. The van der Waals surface area contributed by atoms with Crippen LogP contribution in [0.1, 0.15) is 44.9 Å². The minimum Gasteiger partial charge on any atom is -0.324 e. The van der Waals surface area contributed by atoms with Gasteiger partial charge in [-0.05, 0) is 24.5 Å². The predicted molar refractivity (Wildman–Crippen MR) is 96.8 cm³/mol. The van der Waals surface area contributed by atoms with Crippen molar-refractivity contribution < 1.29 is 14.4 Å². The van der Waals surface area contributed by atoms with Crippen LogP contribution in [0.15, 0.2) is 29.2 Å². The fourth-order valence-corrected chi connectivity index (χ4v) is 4.39. The summed E-state index contributed by atoms with van der Waals surface area (Å²) in [6.07, 6.45) is 6.24. The Labute approximate surface area is 151 Å². The van der Waals surface area contributed by atoms with E-state index in [1.54, 1.807) is 0 Å². The Kier molecular flexibility index (Phi) is 5.96. The summed E-state index contributed by atoms with van der Waals surface area (Å²) < 4.78 is 0. The zero-order chi connectivity index (χ0) is 17.6. The molecule has 3 amide bonds. The molecule has 3 rings (SSSR count). The number of rotatable bonds is 5. The molecule has 1 aromatic rings. The minimum atomic E-state index is -0.495. The van der Waals surface area contributed by atoms with Crippen molar-refractivity contribution in [1.29, 1.82) is 0 Å². The van der Waals surface area contributed by atoms with Gasteiger partial charge in [-0.2, -0.15) is 0 Å². The smallest absolute Gasteiger partial charge is 0.240 e. The van der Waals surface area contributed by atoms with Crippen LogP contribution in [0, 0.1) is 5.92 Å². The van der Waals surface area contributed by atoms with Crippen molar-refractivity contribution >= 4 is 35.2 Å². The third-order valence-corrected chi connectivity index (χ3v) is 5.95. The molecule has 1 aliphatic carbocycles. The maximum atomic E-state index is 12.1. The van der Waals surface area contributed by atoms with Gasteiger partial charge in [-0.1, -0.05) is 37.8 Å². The Bertz CT molecular complexity index is 659. The lowest BCUT2D eigenvalue weighted by atomic mass is 10.0. The zero-order valence-electron chi connectivity index (χ0n) is 14.0. The molecule has 7 heteroatoms. The number of hydrogen-bond donors (Lipinski definition) is 3. The number of benzene rings is 1. The molecule has 0 bridgehead atoms. The second kappa shape index (κ2) is 8.38. The summed E-state index contributed by atoms with van der Waals surface area (Å²) in [6.45, 7) is 0. The van der Waals surface area contributed by atoms with Gasteiger partial charge < -0.3 is 5.32 Å². The number of amides is 3. The Hall–Kier alpha value is -2.02. The van der Waals surface area contributed by atoms with Gasteiger partial charge in [0.05, 0.1) is 10.9 Å². The quantitative estimate of drug-likeness (QED) is 0.704. The minimum absolute atomic E-state index is 0.0216. The third-order valence-electron chi connectivity index (χ3n) is 4.67. The molecular formula is C18H23N3O3S. The summed E-state index contributed by atoms with van der Waals surface area (Å²) in [4.78, 5) is 36.9. The number of para-hydroxylation sites is 1. The van der Waals surface area contributed by atoms with Gasteiger partial charge in [0.15, 0.2) is 0 Å². The molecule has 0 saturated heterocycles. The van der Waals surface area contributed by atoms with Gasteiger partial charge in [-0.25, -0.2) is 0 Å². The van der Waals surface area contributed by atoms with Crippen LogP contribution in [-0.4, -0.2) is 23.0 Å². The zero-order valence-corrected chi connectivity index (χ0v) is 14.9. The average Bonchev–Trinajstić information content (AvgIpc) is 3.12. The highest BCUT2D eigenvalue weighted by Gasteiger charge is 2.28. The van der Waals surface area contributed by atoms with Gasteiger partial charge in [-0.3, -0.25) is 25.2 Å². The van der Waals surface area contributed by atoms with Crippen LogP contribution in [0.2, 0.25) is 0 Å². The predicted octanol–water partition coefficient (Wildman–Crippen LogP) is 2.61. The molecule has 0 spiro atoms. The van der Waals surface area contributed by atoms with E-state index in [-0.39, 0.29) is 24.1 Å². The highest BCUT2D eigenvalue weighted by Crippen LogP contribution is 2.36. The Morgan fingerprint density at radius 3 is 2.64 bits per heavy atom. The van der Waals surface area contributed by atoms with Gasteiger partial charge in [0, 0.05) is 17.7 Å². The van der Waals surface area contributed by atoms with Crippen LogP contribution >= 0.6 is 11.8 Å². The highest BCUT2D eigenvalue weighted by molar-refractivity contribution is 8.01. The van der Waals surface area contributed by atoms with Crippen molar-refractivity contribution in [2.24, 2.45) is 5.92 Å². The van der Waals surface area contributed by atoms with Crippen LogP contribution in [-0.2, 0) is 14.4 Å². The van der Waals surface area contributed by atoms with Crippen molar-refractivity contribution in [2.45, 2.75) is 55.1 Å². The number of fused-ring (bicyclic) bond motifs is 1. The van der Waals surface area contributed by atoms with Crippen LogP contribution in [0.4, 0.5) is 5.69 Å². The van der Waals surface area contributed by atoms with Gasteiger partial charge in [0.1, 0.15) is 0 Å². The van der Waals surface area contributed by atoms with Crippen LogP contribution in [0.3, 0.4) is 0 Å². The lowest BCUT2D eigenvalue weighted by Crippen LogP contribution is -2.44. The number of hydrazine groups is 1. The summed E-state index contributed by atoms with van der Waals surface area (Å²) in [5.41, 5.74) is 5.64. The van der Waals surface area contributed by atoms with Crippen molar-refractivity contribution in [3.8, 4) is 0 Å². The highest BCUT2D eigenvalue weighted by atomic mass is 32.2. The normalized spacial score (nSPS) is 19.8. The maximum absolute atomic E-state index is 12.1. The number of carbonyl (C=O) groups excluding carboxylic acids is 3. The van der Waals surface area contributed by atoms with Gasteiger partial charge in [-0.15, -0.1) is 11.8 Å². The number of nitrogens with one attached hydrogen (secondary N) is 3. The monoisotopic (exact) mass is 361 g/mol. The first-order valence-corrected chi connectivity index (χ1v) is 9.64. The number of hydrogen-bond acceptors (Lipinski definition) is 4. The molecule has 2 aliphatic rings. The van der Waals surface area contributed by atoms with E-state index in [1.807, 2.05) is 24.3 Å². The van der Waals surface area contributed by atoms with Crippen LogP contribution < -0.4 is 16.2 Å². The van der Waals surface area contributed by atoms with E-state index in [4.69, 9.17) is 0 Å².